The average Bonchev–Trinajstić information content (AvgIpc) is 2.56. The van der Waals surface area contributed by atoms with E-state index < -0.39 is 0 Å². The summed E-state index contributed by atoms with van der Waals surface area (Å²) in [7, 11) is 0. The number of benzene rings is 1. The molecule has 0 aromatic heterocycles. The van der Waals surface area contributed by atoms with Gasteiger partial charge in [-0.05, 0) is 49.8 Å². The van der Waals surface area contributed by atoms with Crippen LogP contribution in [0.2, 0.25) is 0 Å². The normalized spacial score (nSPS) is 16.5. The van der Waals surface area contributed by atoms with Crippen LogP contribution in [0, 0.1) is 6.92 Å². The van der Waals surface area contributed by atoms with Crippen molar-refractivity contribution in [1.82, 2.24) is 4.90 Å². The first-order valence-electron chi connectivity index (χ1n) is 8.76. The number of rotatable bonds is 7. The number of halogens is 1. The molecule has 1 fully saturated rings. The van der Waals surface area contributed by atoms with Crippen molar-refractivity contribution >= 4 is 18.3 Å². The second kappa shape index (κ2) is 10.7. The first-order chi connectivity index (χ1) is 11.1. The van der Waals surface area contributed by atoms with Gasteiger partial charge >= 0.3 is 0 Å². The zero-order valence-electron chi connectivity index (χ0n) is 14.9. The topological polar surface area (TPSA) is 55.6 Å². The quantitative estimate of drug-likeness (QED) is 0.764. The van der Waals surface area contributed by atoms with Crippen molar-refractivity contribution < 1.29 is 9.53 Å². The third-order valence-corrected chi connectivity index (χ3v) is 4.70. The maximum Gasteiger partial charge on any atom is 0.223 e. The summed E-state index contributed by atoms with van der Waals surface area (Å²) in [5.74, 6) is 0.531. The van der Waals surface area contributed by atoms with E-state index in [9.17, 15) is 4.79 Å². The summed E-state index contributed by atoms with van der Waals surface area (Å²) in [5.41, 5.74) is 8.02. The Labute approximate surface area is 152 Å². The Morgan fingerprint density at radius 1 is 1.33 bits per heavy atom. The zero-order valence-corrected chi connectivity index (χ0v) is 15.7. The van der Waals surface area contributed by atoms with Gasteiger partial charge in [0.1, 0.15) is 0 Å². The summed E-state index contributed by atoms with van der Waals surface area (Å²) < 4.78 is 5.80. The molecule has 0 radical (unpaired) electrons. The molecule has 1 aromatic rings. The van der Waals surface area contributed by atoms with Crippen molar-refractivity contribution in [3.05, 3.63) is 35.4 Å². The van der Waals surface area contributed by atoms with Crippen molar-refractivity contribution in [2.45, 2.75) is 51.6 Å². The largest absolute Gasteiger partial charge is 0.378 e. The maximum absolute atomic E-state index is 12.5. The lowest BCUT2D eigenvalue weighted by atomic mass is 9.93. The van der Waals surface area contributed by atoms with Crippen LogP contribution < -0.4 is 5.73 Å². The molecule has 0 bridgehead atoms. The van der Waals surface area contributed by atoms with Crippen LogP contribution in [0.25, 0.3) is 0 Å². The molecule has 4 nitrogen and oxygen atoms in total. The van der Waals surface area contributed by atoms with Gasteiger partial charge in [-0.25, -0.2) is 0 Å². The highest BCUT2D eigenvalue weighted by Crippen LogP contribution is 2.24. The standard InChI is InChI=1S/C19H30N2O2.ClH/c1-15-6-3-4-7-18(15)16(2)14-19(22)21-11-8-17(9-12-21)23-13-5-10-20;/h3-4,6-7,16-17H,5,8-14,20H2,1-2H3;1H. The Morgan fingerprint density at radius 2 is 2.00 bits per heavy atom. The van der Waals surface area contributed by atoms with Crippen LogP contribution in [-0.4, -0.2) is 43.2 Å². The first kappa shape index (κ1) is 20.9. The summed E-state index contributed by atoms with van der Waals surface area (Å²) in [6, 6.07) is 8.33. The monoisotopic (exact) mass is 354 g/mol. The van der Waals surface area contributed by atoms with Gasteiger partial charge in [-0.15, -0.1) is 12.4 Å². The second-order valence-corrected chi connectivity index (χ2v) is 6.55. The zero-order chi connectivity index (χ0) is 16.7. The molecule has 1 atom stereocenters. The van der Waals surface area contributed by atoms with Crippen LogP contribution in [0.4, 0.5) is 0 Å². The molecule has 0 spiro atoms. The van der Waals surface area contributed by atoms with Gasteiger partial charge in [-0.2, -0.15) is 0 Å². The Balaban J connectivity index is 0.00000288. The molecule has 136 valence electrons. The van der Waals surface area contributed by atoms with Crippen molar-refractivity contribution in [3.63, 3.8) is 0 Å². The maximum atomic E-state index is 12.5. The van der Waals surface area contributed by atoms with E-state index >= 15 is 0 Å². The molecular formula is C19H31ClN2O2. The number of nitrogens with zero attached hydrogens (tertiary/aromatic N) is 1. The summed E-state index contributed by atoms with van der Waals surface area (Å²) in [5, 5.41) is 0. The smallest absolute Gasteiger partial charge is 0.223 e. The van der Waals surface area contributed by atoms with Crippen LogP contribution in [0.5, 0.6) is 0 Å². The number of hydrogen-bond donors (Lipinski definition) is 1. The highest BCUT2D eigenvalue weighted by Gasteiger charge is 2.24. The van der Waals surface area contributed by atoms with E-state index in [2.05, 4.69) is 26.0 Å². The molecule has 1 aromatic carbocycles. The van der Waals surface area contributed by atoms with Gasteiger partial charge in [0, 0.05) is 26.1 Å². The average molecular weight is 355 g/mol. The van der Waals surface area contributed by atoms with Gasteiger partial charge < -0.3 is 15.4 Å². The fourth-order valence-electron chi connectivity index (χ4n) is 3.25. The van der Waals surface area contributed by atoms with Gasteiger partial charge in [0.05, 0.1) is 6.10 Å². The van der Waals surface area contributed by atoms with Crippen LogP contribution in [-0.2, 0) is 9.53 Å². The second-order valence-electron chi connectivity index (χ2n) is 6.55. The number of carbonyl (C=O) groups is 1. The van der Waals surface area contributed by atoms with Gasteiger partial charge in [-0.1, -0.05) is 31.2 Å². The van der Waals surface area contributed by atoms with E-state index in [0.29, 0.717) is 19.1 Å². The third kappa shape index (κ3) is 6.08. The van der Waals surface area contributed by atoms with Crippen molar-refractivity contribution in [1.29, 1.82) is 0 Å². The van der Waals surface area contributed by atoms with Gasteiger partial charge in [0.25, 0.3) is 0 Å². The predicted molar refractivity (Wildman–Crippen MR) is 101 cm³/mol. The minimum absolute atomic E-state index is 0. The lowest BCUT2D eigenvalue weighted by Gasteiger charge is -2.32. The van der Waals surface area contributed by atoms with Gasteiger partial charge in [0.2, 0.25) is 5.91 Å². The number of likely N-dealkylation sites (tertiary alicyclic amines) is 1. The fourth-order valence-corrected chi connectivity index (χ4v) is 3.25. The molecule has 1 aliphatic rings. The number of aryl methyl sites for hydroxylation is 1. The molecule has 0 aliphatic carbocycles. The Bertz CT molecular complexity index is 502. The van der Waals surface area contributed by atoms with Gasteiger partial charge in [-0.3, -0.25) is 4.79 Å². The lowest BCUT2D eigenvalue weighted by Crippen LogP contribution is -2.41. The molecule has 1 aliphatic heterocycles. The number of ether oxygens (including phenoxy) is 1. The van der Waals surface area contributed by atoms with Crippen LogP contribution in [0.15, 0.2) is 24.3 Å². The molecule has 5 heteroatoms. The molecule has 1 amide bonds. The molecule has 1 heterocycles. The molecule has 0 saturated carbocycles. The highest BCUT2D eigenvalue weighted by molar-refractivity contribution is 5.85. The molecule has 1 saturated heterocycles. The fraction of sp³-hybridized carbons (Fsp3) is 0.632. The SMILES string of the molecule is Cc1ccccc1C(C)CC(=O)N1CCC(OCCCN)CC1.Cl. The van der Waals surface area contributed by atoms with E-state index in [0.717, 1.165) is 39.0 Å². The molecule has 2 N–H and O–H groups in total. The lowest BCUT2D eigenvalue weighted by molar-refractivity contribution is -0.134. The van der Waals surface area contributed by atoms with Crippen LogP contribution in [0.1, 0.15) is 49.7 Å². The Hall–Kier alpha value is -1.10. The van der Waals surface area contributed by atoms with E-state index in [1.807, 2.05) is 17.0 Å². The molecule has 2 rings (SSSR count). The Morgan fingerprint density at radius 3 is 2.62 bits per heavy atom. The highest BCUT2D eigenvalue weighted by atomic mass is 35.5. The van der Waals surface area contributed by atoms with Crippen molar-refractivity contribution in [2.24, 2.45) is 5.73 Å². The van der Waals surface area contributed by atoms with Gasteiger partial charge in [0.15, 0.2) is 0 Å². The Kier molecular flexibility index (Phi) is 9.34. The van der Waals surface area contributed by atoms with E-state index in [4.69, 9.17) is 10.5 Å². The van der Waals surface area contributed by atoms with Crippen LogP contribution in [0.3, 0.4) is 0 Å². The van der Waals surface area contributed by atoms with E-state index in [1.54, 1.807) is 0 Å². The third-order valence-electron chi connectivity index (χ3n) is 4.70. The number of hydrogen-bond acceptors (Lipinski definition) is 3. The minimum atomic E-state index is 0. The summed E-state index contributed by atoms with van der Waals surface area (Å²) in [6.45, 7) is 7.29. The number of amides is 1. The summed E-state index contributed by atoms with van der Waals surface area (Å²) >= 11 is 0. The number of piperidine rings is 1. The predicted octanol–water partition coefficient (Wildman–Crippen LogP) is 3.27. The van der Waals surface area contributed by atoms with E-state index in [1.165, 1.54) is 11.1 Å². The number of nitrogens with two attached hydrogens (primary N) is 1. The first-order valence-corrected chi connectivity index (χ1v) is 8.76. The number of carbonyl (C=O) groups excluding carboxylic acids is 1. The molecule has 1 unspecified atom stereocenters. The van der Waals surface area contributed by atoms with E-state index in [-0.39, 0.29) is 24.2 Å². The minimum Gasteiger partial charge on any atom is -0.378 e. The van der Waals surface area contributed by atoms with Crippen LogP contribution >= 0.6 is 12.4 Å². The van der Waals surface area contributed by atoms with Crippen molar-refractivity contribution in [2.75, 3.05) is 26.2 Å². The summed E-state index contributed by atoms with van der Waals surface area (Å²) in [6.07, 6.45) is 3.67. The van der Waals surface area contributed by atoms with Crippen molar-refractivity contribution in [3.8, 4) is 0 Å². The molecular weight excluding hydrogens is 324 g/mol. The summed E-state index contributed by atoms with van der Waals surface area (Å²) in [4.78, 5) is 14.5. The molecule has 24 heavy (non-hydrogen) atoms.